The number of rotatable bonds is 2. The molecule has 24 heteroatoms. The van der Waals surface area contributed by atoms with Gasteiger partial charge < -0.3 is 63.6 Å². The summed E-state index contributed by atoms with van der Waals surface area (Å²) in [5, 5.41) is 0. The second-order valence-corrected chi connectivity index (χ2v) is 8.30. The first-order valence-electron chi connectivity index (χ1n) is 3.88. The molecule has 0 radical (unpaired) electrons. The summed E-state index contributed by atoms with van der Waals surface area (Å²) in [7, 11) is -24.0. The lowest BCUT2D eigenvalue weighted by atomic mass is 15.7. The van der Waals surface area contributed by atoms with Crippen LogP contribution in [0.15, 0.2) is 0 Å². The third kappa shape index (κ3) is 242. The SMILES string of the molecule is O=P(O)(O)O.O=P(O)(O)O.O=P(O)(O)O.O=P(O)(O)OP(=O)(O)O. The van der Waals surface area contributed by atoms with Crippen molar-refractivity contribution < 1.29 is 90.8 Å². The standard InChI is InChI=1S/H4O7P2.3H3O4P/c1-8(2,3)7-9(4,5)6;3*1-5(2,3)4/h(H2,1,2,3)(H2,4,5,6);3*(H3,1,2,3,4). The van der Waals surface area contributed by atoms with E-state index < -0.39 is 39.1 Å². The normalized spacial score (nSPS) is 12.5. The Balaban J connectivity index is -0.000000116. The third-order valence-electron chi connectivity index (χ3n) is 0.213. The monoisotopic (exact) mass is 472 g/mol. The van der Waals surface area contributed by atoms with E-state index in [9.17, 15) is 9.13 Å². The van der Waals surface area contributed by atoms with Gasteiger partial charge in [0.15, 0.2) is 0 Å². The molecular formula is H13O19P5. The Bertz CT molecular complexity index is 444. The predicted molar refractivity (Wildman–Crippen MR) is 68.0 cm³/mol. The van der Waals surface area contributed by atoms with Gasteiger partial charge in [-0.3, -0.25) is 0 Å². The fraction of sp³-hybridized carbons (Fsp3) is 0. The number of hydrogen-bond donors (Lipinski definition) is 13. The van der Waals surface area contributed by atoms with Crippen LogP contribution < -0.4 is 0 Å². The molecule has 0 aromatic carbocycles. The van der Waals surface area contributed by atoms with Gasteiger partial charge >= 0.3 is 39.1 Å². The maximum Gasteiger partial charge on any atom is 0.478 e. The quantitative estimate of drug-likeness (QED) is 0.173. The third-order valence-corrected chi connectivity index (χ3v) is 1.91. The van der Waals surface area contributed by atoms with Gasteiger partial charge in [-0.25, -0.2) is 22.8 Å². The van der Waals surface area contributed by atoms with Crippen LogP contribution in [0.2, 0.25) is 0 Å². The van der Waals surface area contributed by atoms with E-state index >= 15 is 0 Å². The van der Waals surface area contributed by atoms with Gasteiger partial charge in [-0.2, -0.15) is 4.31 Å². The van der Waals surface area contributed by atoms with Crippen LogP contribution >= 0.6 is 39.1 Å². The predicted octanol–water partition coefficient (Wildman–Crippen LogP) is -3.60. The molecule has 0 unspecified atom stereocenters. The molecule has 0 aromatic heterocycles. The average Bonchev–Trinajstić information content (AvgIpc) is 1.80. The van der Waals surface area contributed by atoms with Gasteiger partial charge in [-0.1, -0.05) is 0 Å². The van der Waals surface area contributed by atoms with Gasteiger partial charge in [-0.15, -0.1) is 0 Å². The van der Waals surface area contributed by atoms with E-state index in [1.165, 1.54) is 0 Å². The van der Waals surface area contributed by atoms with Gasteiger partial charge in [0.1, 0.15) is 0 Å². The van der Waals surface area contributed by atoms with Crippen molar-refractivity contribution in [2.45, 2.75) is 0 Å². The minimum Gasteiger partial charge on any atom is -0.303 e. The molecular weight excluding hydrogens is 459 g/mol. The number of hydrogen-bond acceptors (Lipinski definition) is 6. The average molecular weight is 472 g/mol. The highest BCUT2D eigenvalue weighted by atomic mass is 31.3. The molecule has 0 rings (SSSR count). The molecule has 0 aliphatic heterocycles. The van der Waals surface area contributed by atoms with Crippen molar-refractivity contribution >= 4 is 39.1 Å². The Hall–Kier alpha value is 0.590. The molecule has 0 bridgehead atoms. The molecule has 0 atom stereocenters. The van der Waals surface area contributed by atoms with E-state index in [0.29, 0.717) is 0 Å². The van der Waals surface area contributed by atoms with E-state index in [4.69, 9.17) is 77.3 Å². The first-order valence-corrected chi connectivity index (χ1v) is 11.6. The summed E-state index contributed by atoms with van der Waals surface area (Å²) >= 11 is 0. The Morgan fingerprint density at radius 1 is 0.375 bits per heavy atom. The highest BCUT2D eigenvalue weighted by Gasteiger charge is 2.27. The summed E-state index contributed by atoms with van der Waals surface area (Å²) in [4.78, 5) is 95.7. The van der Waals surface area contributed by atoms with Crippen LogP contribution in [-0.4, -0.2) is 63.6 Å². The van der Waals surface area contributed by atoms with Crippen molar-refractivity contribution in [3.63, 3.8) is 0 Å². The summed E-state index contributed by atoms with van der Waals surface area (Å²) in [5.74, 6) is 0. The van der Waals surface area contributed by atoms with E-state index in [0.717, 1.165) is 0 Å². The fourth-order valence-corrected chi connectivity index (χ4v) is 1.25. The maximum absolute atomic E-state index is 9.63. The van der Waals surface area contributed by atoms with Crippen molar-refractivity contribution in [1.82, 2.24) is 0 Å². The van der Waals surface area contributed by atoms with Crippen molar-refractivity contribution in [3.8, 4) is 0 Å². The van der Waals surface area contributed by atoms with E-state index in [1.807, 2.05) is 0 Å². The smallest absolute Gasteiger partial charge is 0.303 e. The molecule has 0 amide bonds. The zero-order valence-corrected chi connectivity index (χ0v) is 15.0. The molecule has 0 aromatic rings. The molecule has 0 saturated carbocycles. The second kappa shape index (κ2) is 12.1. The van der Waals surface area contributed by atoms with Crippen LogP contribution in [0.4, 0.5) is 0 Å². The van der Waals surface area contributed by atoms with Crippen LogP contribution in [0, 0.1) is 0 Å². The summed E-state index contributed by atoms with van der Waals surface area (Å²) in [5.41, 5.74) is 0. The lowest BCUT2D eigenvalue weighted by Gasteiger charge is -2.03. The van der Waals surface area contributed by atoms with Gasteiger partial charge in [0.25, 0.3) is 0 Å². The summed E-state index contributed by atoms with van der Waals surface area (Å²) < 4.78 is 48.9. The summed E-state index contributed by atoms with van der Waals surface area (Å²) in [6.07, 6.45) is 0. The maximum atomic E-state index is 9.63. The molecule has 13 N–H and O–H groups in total. The minimum atomic E-state index is -5.05. The lowest BCUT2D eigenvalue weighted by Crippen LogP contribution is -1.84. The van der Waals surface area contributed by atoms with E-state index in [-0.39, 0.29) is 0 Å². The van der Waals surface area contributed by atoms with Crippen molar-refractivity contribution in [3.05, 3.63) is 0 Å². The molecule has 0 spiro atoms. The van der Waals surface area contributed by atoms with Crippen LogP contribution in [0.3, 0.4) is 0 Å². The Labute approximate surface area is 131 Å². The van der Waals surface area contributed by atoms with E-state index in [2.05, 4.69) is 4.31 Å². The van der Waals surface area contributed by atoms with Crippen molar-refractivity contribution in [1.29, 1.82) is 0 Å². The first-order chi connectivity index (χ1) is 9.71. The molecule has 0 saturated heterocycles. The summed E-state index contributed by atoms with van der Waals surface area (Å²) in [6, 6.07) is 0. The molecule has 0 fully saturated rings. The van der Waals surface area contributed by atoms with Gasteiger partial charge in [0.05, 0.1) is 0 Å². The van der Waals surface area contributed by atoms with Crippen LogP contribution in [0.25, 0.3) is 0 Å². The van der Waals surface area contributed by atoms with Gasteiger partial charge in [0, 0.05) is 0 Å². The molecule has 24 heavy (non-hydrogen) atoms. The molecule has 0 aliphatic carbocycles. The first kappa shape index (κ1) is 32.3. The number of phosphoric acid groups is 5. The van der Waals surface area contributed by atoms with Crippen LogP contribution in [0.1, 0.15) is 0 Å². The fourth-order valence-electron chi connectivity index (χ4n) is 0.139. The second-order valence-electron chi connectivity index (χ2n) is 2.60. The summed E-state index contributed by atoms with van der Waals surface area (Å²) in [6.45, 7) is 0. The minimum absolute atomic E-state index is 2.96. The van der Waals surface area contributed by atoms with Crippen LogP contribution in [0.5, 0.6) is 0 Å². The van der Waals surface area contributed by atoms with E-state index in [1.54, 1.807) is 0 Å². The zero-order chi connectivity index (χ0) is 21.2. The molecule has 19 nitrogen and oxygen atoms in total. The highest BCUT2D eigenvalue weighted by Crippen LogP contribution is 2.53. The molecule has 152 valence electrons. The van der Waals surface area contributed by atoms with Crippen LogP contribution in [-0.2, 0) is 27.1 Å². The van der Waals surface area contributed by atoms with Crippen molar-refractivity contribution in [2.75, 3.05) is 0 Å². The highest BCUT2D eigenvalue weighted by molar-refractivity contribution is 7.60. The van der Waals surface area contributed by atoms with Crippen molar-refractivity contribution in [2.24, 2.45) is 0 Å². The molecule has 0 aliphatic rings. The largest absolute Gasteiger partial charge is 0.478 e. The zero-order valence-electron chi connectivity index (χ0n) is 10.5. The molecule has 0 heterocycles. The Morgan fingerprint density at radius 3 is 0.458 bits per heavy atom. The van der Waals surface area contributed by atoms with Gasteiger partial charge in [0.2, 0.25) is 0 Å². The lowest BCUT2D eigenvalue weighted by molar-refractivity contribution is 0.224. The topological polar surface area (TPSA) is 358 Å². The van der Waals surface area contributed by atoms with Gasteiger partial charge in [-0.05, 0) is 0 Å². The Morgan fingerprint density at radius 2 is 0.458 bits per heavy atom. The Kier molecular flexibility index (Phi) is 16.2.